The molecule has 0 radical (unpaired) electrons. The summed E-state index contributed by atoms with van der Waals surface area (Å²) in [6.45, 7) is 18.3. The van der Waals surface area contributed by atoms with Gasteiger partial charge in [0.15, 0.2) is 5.82 Å². The highest BCUT2D eigenvalue weighted by molar-refractivity contribution is 7.72. The van der Waals surface area contributed by atoms with Crippen LogP contribution in [-0.4, -0.2) is 86.6 Å². The quantitative estimate of drug-likeness (QED) is 0.0744. The van der Waals surface area contributed by atoms with Crippen LogP contribution in [0.4, 0.5) is 0 Å². The van der Waals surface area contributed by atoms with E-state index >= 15 is 0 Å². The maximum Gasteiger partial charge on any atom is 0.160 e. The van der Waals surface area contributed by atoms with Crippen molar-refractivity contribution in [2.24, 2.45) is 0 Å². The summed E-state index contributed by atoms with van der Waals surface area (Å²) in [7, 11) is -11.9. The van der Waals surface area contributed by atoms with Crippen molar-refractivity contribution >= 4 is 246 Å². The average Bonchev–Trinajstić information content (AvgIpc) is 0.722. The van der Waals surface area contributed by atoms with Crippen LogP contribution in [0.5, 0.6) is 0 Å². The third kappa shape index (κ3) is 17.9. The molecule has 27 aromatic rings. The van der Waals surface area contributed by atoms with Crippen LogP contribution in [0.3, 0.4) is 0 Å². The number of nitrogens with zero attached hydrogens (tertiary/aromatic N) is 4. The second kappa shape index (κ2) is 37.6. The summed E-state index contributed by atoms with van der Waals surface area (Å²) in [4.78, 5) is 20.1. The first-order valence-electron chi connectivity index (χ1n) is 49.2. The molecule has 0 amide bonds. The fourth-order valence-electron chi connectivity index (χ4n) is 21.3. The molecule has 0 N–H and O–H groups in total. The van der Waals surface area contributed by atoms with Gasteiger partial charge in [-0.2, -0.15) is 0 Å². The van der Waals surface area contributed by atoms with Crippen LogP contribution in [0, 0.1) is 0 Å². The van der Waals surface area contributed by atoms with Crippen LogP contribution in [0.25, 0.3) is 240 Å². The first kappa shape index (κ1) is 94.1. The van der Waals surface area contributed by atoms with Gasteiger partial charge in [-0.1, -0.05) is 382 Å². The van der Waals surface area contributed by atoms with E-state index in [0.29, 0.717) is 5.82 Å². The first-order chi connectivity index (χ1) is 70.5. The van der Waals surface area contributed by atoms with Gasteiger partial charge in [-0.25, -0.2) is 19.9 Å². The SMILES string of the molecule is CP(C)(=O)c1c2ccccc2nc2c1ccc1ccccc12.CP(C)(=O)c1ccc2c(-c3ccc4ccccc4c3)c3ccccc3c(-c3ccc4ccccc4c3)c2c1.CP(C)(=O)c1ccc2ccc3c(-c4ccc5ccccc5c4)c4ccccc4nc3c2c1.CP(C)(=O)c1ccc2ccc3c(-c4ccc5ccccc5c4)nc(-c4ccccc4)nc3c2c1.CP(C)(=O)c1ccc2ccc3cccc4ccc1c2c34. The van der Waals surface area contributed by atoms with Gasteiger partial charge in [0.2, 0.25) is 0 Å². The Morgan fingerprint density at radius 3 is 1.00 bits per heavy atom. The van der Waals surface area contributed by atoms with Crippen LogP contribution in [0.15, 0.2) is 443 Å². The lowest BCUT2D eigenvalue weighted by Gasteiger charge is -2.20. The van der Waals surface area contributed by atoms with E-state index in [9.17, 15) is 22.8 Å². The Labute approximate surface area is 848 Å². The summed E-state index contributed by atoms with van der Waals surface area (Å²) in [5.41, 5.74) is 14.7. The van der Waals surface area contributed by atoms with Crippen molar-refractivity contribution in [3.05, 3.63) is 443 Å². The van der Waals surface area contributed by atoms with Gasteiger partial charge in [-0.05, 0) is 268 Å². The maximum absolute atomic E-state index is 13.2. The van der Waals surface area contributed by atoms with Crippen molar-refractivity contribution in [3.8, 4) is 56.0 Å². The lowest BCUT2D eigenvalue weighted by atomic mass is 9.85. The third-order valence-electron chi connectivity index (χ3n) is 28.5. The van der Waals surface area contributed by atoms with Crippen molar-refractivity contribution < 1.29 is 22.8 Å². The Hall–Kier alpha value is -15.5. The van der Waals surface area contributed by atoms with E-state index < -0.39 is 35.7 Å². The number of hydrogen-bond donors (Lipinski definition) is 0. The summed E-state index contributed by atoms with van der Waals surface area (Å²) in [6, 6.07) is 154. The molecule has 0 fully saturated rings. The molecule has 146 heavy (non-hydrogen) atoms. The number of pyridine rings is 2. The molecule has 0 aliphatic heterocycles. The summed E-state index contributed by atoms with van der Waals surface area (Å²) in [5, 5.41) is 38.2. The van der Waals surface area contributed by atoms with E-state index in [0.717, 1.165) is 141 Å². The molecule has 9 nitrogen and oxygen atoms in total. The highest BCUT2D eigenvalue weighted by Crippen LogP contribution is 2.51. The van der Waals surface area contributed by atoms with E-state index in [2.05, 4.69) is 340 Å². The zero-order valence-corrected chi connectivity index (χ0v) is 87.2. The smallest absolute Gasteiger partial charge is 0.160 e. The molecule has 24 aromatic carbocycles. The summed E-state index contributed by atoms with van der Waals surface area (Å²) >= 11 is 0. The van der Waals surface area contributed by atoms with Crippen molar-refractivity contribution in [1.82, 2.24) is 19.9 Å². The number of benzene rings is 24. The van der Waals surface area contributed by atoms with Gasteiger partial charge in [0.05, 0.1) is 33.3 Å². The minimum atomic E-state index is -2.45. The van der Waals surface area contributed by atoms with E-state index in [-0.39, 0.29) is 0 Å². The molecule has 14 heteroatoms. The van der Waals surface area contributed by atoms with Crippen molar-refractivity contribution in [3.63, 3.8) is 0 Å². The molecule has 27 rings (SSSR count). The minimum Gasteiger partial charge on any atom is -0.319 e. The Morgan fingerprint density at radius 1 is 0.171 bits per heavy atom. The average molecular weight is 1980 g/mol. The predicted octanol–water partition coefficient (Wildman–Crippen LogP) is 34.6. The number of para-hydroxylation sites is 2. The monoisotopic (exact) mass is 1980 g/mol. The standard InChI is InChI=1S/C36H27OP.C30H23N2OP.C29H22NOP.C19H16NOP.C18H15OP/c1-38(2,37)30-19-20-33-34(23-30)36(29-18-16-25-10-4-6-12-27(25)22-29)32-14-8-7-13-31(32)35(33)28-17-15-24-9-3-5-11-26(24)21-28;1-34(2,33)25-16-14-21-15-17-26-28(24-13-12-20-8-6-7-11-23(20)18-24)31-30(22-9-4-3-5-10-22)32-29(26)27(21)19-25;1-32(2,31)23-15-13-20-14-16-25-28(22-12-11-19-7-3-4-8-21(19)17-22)24-9-5-6-10-27(24)30-29(25)26(20)18-23;1-22(2,21)19-15-9-5-6-10-17(15)20-18-14-8-4-3-7-13(14)11-12-16(18)19;1-20(2,19)16-11-9-14-7-6-12-4-3-5-13-8-10-15(16)18(14)17(12)13/h3-23H,1-2H3;3-19H,1-2H3;3-18H,1-2H3;3-12H,1-2H3;3-11H,1-2H3. The summed E-state index contributed by atoms with van der Waals surface area (Å²) < 4.78 is 64.4. The lowest BCUT2D eigenvalue weighted by molar-refractivity contribution is 0.587. The first-order valence-corrected chi connectivity index (χ1v) is 62.2. The molecular weight excluding hydrogens is 1880 g/mol. The molecule has 0 spiro atoms. The third-order valence-corrected chi connectivity index (χ3v) is 36.2. The highest BCUT2D eigenvalue weighted by atomic mass is 31.2. The van der Waals surface area contributed by atoms with Crippen molar-refractivity contribution in [2.45, 2.75) is 0 Å². The van der Waals surface area contributed by atoms with Gasteiger partial charge >= 0.3 is 0 Å². The van der Waals surface area contributed by atoms with Crippen LogP contribution >= 0.6 is 35.7 Å². The van der Waals surface area contributed by atoms with Gasteiger partial charge < -0.3 is 22.8 Å². The number of aromatic nitrogens is 4. The molecule has 0 atom stereocenters. The van der Waals surface area contributed by atoms with Crippen LogP contribution in [0.2, 0.25) is 0 Å². The molecule has 0 saturated heterocycles. The van der Waals surface area contributed by atoms with Crippen LogP contribution < -0.4 is 26.5 Å². The second-order valence-corrected chi connectivity index (χ2v) is 56.1. The Balaban J connectivity index is 0.000000103. The highest BCUT2D eigenvalue weighted by Gasteiger charge is 2.27. The molecule has 0 saturated carbocycles. The maximum atomic E-state index is 13.2. The van der Waals surface area contributed by atoms with Crippen molar-refractivity contribution in [2.75, 3.05) is 66.6 Å². The van der Waals surface area contributed by atoms with E-state index in [1.807, 2.05) is 170 Å². The number of rotatable bonds is 10. The van der Waals surface area contributed by atoms with E-state index in [4.69, 9.17) is 19.9 Å². The Kier molecular flexibility index (Phi) is 24.2. The topological polar surface area (TPSA) is 137 Å². The molecule has 706 valence electrons. The van der Waals surface area contributed by atoms with Crippen LogP contribution in [-0.2, 0) is 22.8 Å². The molecular formula is C132H103N4O5P5. The van der Waals surface area contributed by atoms with Crippen LogP contribution in [0.1, 0.15) is 0 Å². The second-order valence-electron chi connectivity index (χ2n) is 40.1. The number of fused-ring (bicyclic) bond motifs is 17. The Morgan fingerprint density at radius 2 is 0.493 bits per heavy atom. The summed E-state index contributed by atoms with van der Waals surface area (Å²) in [6.07, 6.45) is 0. The molecule has 0 aliphatic carbocycles. The lowest BCUT2D eigenvalue weighted by Crippen LogP contribution is -2.08. The fraction of sp³-hybridized carbons (Fsp3) is 0.0758. The normalized spacial score (nSPS) is 12.2. The molecule has 3 aromatic heterocycles. The predicted molar refractivity (Wildman–Crippen MR) is 635 cm³/mol. The van der Waals surface area contributed by atoms with Gasteiger partial charge in [0, 0.05) is 86.3 Å². The zero-order valence-electron chi connectivity index (χ0n) is 82.7. The largest absolute Gasteiger partial charge is 0.319 e. The number of hydrogen-bond acceptors (Lipinski definition) is 9. The Bertz CT molecular complexity index is 10300. The molecule has 0 aliphatic rings. The van der Waals surface area contributed by atoms with Gasteiger partial charge in [-0.15, -0.1) is 0 Å². The molecule has 3 heterocycles. The molecule has 0 unspecified atom stereocenters. The summed E-state index contributed by atoms with van der Waals surface area (Å²) in [5.74, 6) is 0.686. The van der Waals surface area contributed by atoms with Crippen molar-refractivity contribution in [1.29, 1.82) is 0 Å². The van der Waals surface area contributed by atoms with Gasteiger partial charge in [-0.3, -0.25) is 0 Å². The zero-order chi connectivity index (χ0) is 100. The van der Waals surface area contributed by atoms with E-state index in [1.165, 1.54) is 120 Å². The minimum absolute atomic E-state index is 0.686. The van der Waals surface area contributed by atoms with Gasteiger partial charge in [0.25, 0.3) is 0 Å². The molecule has 0 bridgehead atoms. The van der Waals surface area contributed by atoms with E-state index in [1.54, 1.807) is 0 Å². The van der Waals surface area contributed by atoms with Gasteiger partial charge in [0.1, 0.15) is 35.7 Å². The fourth-order valence-corrected chi connectivity index (χ4v) is 26.7.